The van der Waals surface area contributed by atoms with Gasteiger partial charge < -0.3 is 15.5 Å². The molecular weight excluding hydrogens is 374 g/mol. The molecule has 0 saturated carbocycles. The first-order chi connectivity index (χ1) is 14.0. The molecule has 2 N–H and O–H groups in total. The fourth-order valence-electron chi connectivity index (χ4n) is 4.12. The standard InChI is InChI=1S/C20H25N5O4/c1-23-15-11-13(3-2-9-24-10-8-21-12-17(24)27)4-5-14(15)25(20(23)29)18-16(26)6-7-22-19(18)28/h4-5,11,18,21H,2-3,6-10,12H2,1H3,(H,22,28). The quantitative estimate of drug-likeness (QED) is 0.649. The van der Waals surface area contributed by atoms with Crippen LogP contribution in [0, 0.1) is 0 Å². The number of carbonyl (C=O) groups is 3. The van der Waals surface area contributed by atoms with Crippen LogP contribution in [0.5, 0.6) is 0 Å². The molecule has 3 heterocycles. The van der Waals surface area contributed by atoms with Gasteiger partial charge >= 0.3 is 5.69 Å². The lowest BCUT2D eigenvalue weighted by Gasteiger charge is -2.27. The second-order valence-corrected chi connectivity index (χ2v) is 7.61. The second-order valence-electron chi connectivity index (χ2n) is 7.61. The largest absolute Gasteiger partial charge is 0.353 e. The zero-order valence-electron chi connectivity index (χ0n) is 16.4. The number of carbonyl (C=O) groups excluding carboxylic acids is 3. The molecule has 0 bridgehead atoms. The minimum Gasteiger partial charge on any atom is -0.353 e. The molecule has 2 aromatic rings. The fourth-order valence-corrected chi connectivity index (χ4v) is 4.12. The molecule has 1 unspecified atom stereocenters. The topological polar surface area (TPSA) is 105 Å². The number of piperazine rings is 1. The monoisotopic (exact) mass is 399 g/mol. The Morgan fingerprint density at radius 1 is 1.10 bits per heavy atom. The van der Waals surface area contributed by atoms with Crippen molar-refractivity contribution in [2.75, 3.05) is 32.7 Å². The number of amides is 2. The molecular formula is C20H25N5O4. The van der Waals surface area contributed by atoms with Gasteiger partial charge in [0.05, 0.1) is 17.6 Å². The lowest BCUT2D eigenvalue weighted by Crippen LogP contribution is -2.48. The van der Waals surface area contributed by atoms with Crippen molar-refractivity contribution < 1.29 is 14.4 Å². The van der Waals surface area contributed by atoms with Crippen LogP contribution >= 0.6 is 0 Å². The van der Waals surface area contributed by atoms with Gasteiger partial charge in [0.2, 0.25) is 5.91 Å². The first-order valence-electron chi connectivity index (χ1n) is 9.96. The van der Waals surface area contributed by atoms with Gasteiger partial charge in [-0.1, -0.05) is 6.07 Å². The van der Waals surface area contributed by atoms with E-state index in [-0.39, 0.29) is 23.8 Å². The Labute approximate surface area is 167 Å². The molecule has 9 heteroatoms. The molecule has 4 rings (SSSR count). The van der Waals surface area contributed by atoms with Crippen molar-refractivity contribution in [2.24, 2.45) is 7.05 Å². The predicted molar refractivity (Wildman–Crippen MR) is 107 cm³/mol. The van der Waals surface area contributed by atoms with Gasteiger partial charge in [-0.3, -0.25) is 23.5 Å². The Morgan fingerprint density at radius 3 is 2.69 bits per heavy atom. The van der Waals surface area contributed by atoms with E-state index in [4.69, 9.17) is 0 Å². The molecule has 2 amide bonds. The second kappa shape index (κ2) is 7.82. The van der Waals surface area contributed by atoms with Crippen LogP contribution in [0.3, 0.4) is 0 Å². The minimum atomic E-state index is -1.11. The van der Waals surface area contributed by atoms with Gasteiger partial charge in [-0.05, 0) is 30.5 Å². The van der Waals surface area contributed by atoms with E-state index < -0.39 is 11.9 Å². The Kier molecular flexibility index (Phi) is 5.23. The van der Waals surface area contributed by atoms with Crippen LogP contribution in [-0.4, -0.2) is 64.4 Å². The van der Waals surface area contributed by atoms with Crippen LogP contribution in [0.15, 0.2) is 23.0 Å². The number of nitrogens with one attached hydrogen (secondary N) is 2. The molecule has 0 aliphatic carbocycles. The van der Waals surface area contributed by atoms with Gasteiger partial charge in [0, 0.05) is 39.6 Å². The number of piperidine rings is 1. The third kappa shape index (κ3) is 3.57. The van der Waals surface area contributed by atoms with Gasteiger partial charge in [-0.15, -0.1) is 0 Å². The number of hydrogen-bond donors (Lipinski definition) is 2. The zero-order valence-corrected chi connectivity index (χ0v) is 16.4. The summed E-state index contributed by atoms with van der Waals surface area (Å²) in [6, 6.07) is 4.54. The number of ketones is 1. The molecule has 2 aliphatic heterocycles. The molecule has 1 atom stereocenters. The maximum absolute atomic E-state index is 12.8. The normalized spacial score (nSPS) is 20.4. The van der Waals surface area contributed by atoms with Crippen LogP contribution in [0.1, 0.15) is 24.4 Å². The Bertz CT molecular complexity index is 1020. The highest BCUT2D eigenvalue weighted by molar-refractivity contribution is 6.06. The summed E-state index contributed by atoms with van der Waals surface area (Å²) < 4.78 is 2.78. The van der Waals surface area contributed by atoms with Crippen LogP contribution in [0.25, 0.3) is 11.0 Å². The molecule has 2 fully saturated rings. The fraction of sp³-hybridized carbons (Fsp3) is 0.500. The van der Waals surface area contributed by atoms with Gasteiger partial charge in [0.25, 0.3) is 5.91 Å². The molecule has 0 radical (unpaired) electrons. The van der Waals surface area contributed by atoms with Gasteiger partial charge in [-0.2, -0.15) is 0 Å². The summed E-state index contributed by atoms with van der Waals surface area (Å²) in [5.74, 6) is -0.546. The molecule has 1 aromatic carbocycles. The Hall–Kier alpha value is -2.94. The van der Waals surface area contributed by atoms with Crippen molar-refractivity contribution in [2.45, 2.75) is 25.3 Å². The number of aromatic nitrogens is 2. The SMILES string of the molecule is Cn1c(=O)n(C2C(=O)CCNC2=O)c2ccc(CCCN3CCNCC3=O)cc21. The highest BCUT2D eigenvalue weighted by atomic mass is 16.2. The van der Waals surface area contributed by atoms with E-state index in [1.807, 2.05) is 17.0 Å². The van der Waals surface area contributed by atoms with E-state index in [2.05, 4.69) is 10.6 Å². The molecule has 9 nitrogen and oxygen atoms in total. The number of nitrogens with zero attached hydrogens (tertiary/aromatic N) is 3. The molecule has 2 aliphatic rings. The number of hydrogen-bond acceptors (Lipinski definition) is 5. The van der Waals surface area contributed by atoms with E-state index >= 15 is 0 Å². The van der Waals surface area contributed by atoms with Crippen molar-refractivity contribution in [3.8, 4) is 0 Å². The number of fused-ring (bicyclic) bond motifs is 1. The molecule has 0 spiro atoms. The summed E-state index contributed by atoms with van der Waals surface area (Å²) in [5.41, 5.74) is 1.94. The Morgan fingerprint density at radius 2 is 1.93 bits per heavy atom. The Balaban J connectivity index is 1.56. The third-order valence-corrected chi connectivity index (χ3v) is 5.72. The lowest BCUT2D eigenvalue weighted by molar-refractivity contribution is -0.135. The number of aryl methyl sites for hydroxylation is 2. The lowest BCUT2D eigenvalue weighted by atomic mass is 10.0. The number of imidazole rings is 1. The van der Waals surface area contributed by atoms with Crippen LogP contribution < -0.4 is 16.3 Å². The summed E-state index contributed by atoms with van der Waals surface area (Å²) >= 11 is 0. The van der Waals surface area contributed by atoms with Crippen molar-refractivity contribution >= 4 is 28.6 Å². The molecule has 154 valence electrons. The van der Waals surface area contributed by atoms with Crippen LogP contribution in [0.4, 0.5) is 0 Å². The molecule has 1 aromatic heterocycles. The van der Waals surface area contributed by atoms with Crippen molar-refractivity contribution in [1.29, 1.82) is 0 Å². The van der Waals surface area contributed by atoms with E-state index in [1.54, 1.807) is 13.1 Å². The summed E-state index contributed by atoms with van der Waals surface area (Å²) in [4.78, 5) is 51.1. The van der Waals surface area contributed by atoms with Crippen LogP contribution in [0.2, 0.25) is 0 Å². The maximum atomic E-state index is 12.8. The molecule has 29 heavy (non-hydrogen) atoms. The number of Topliss-reactive ketones (excluding diaryl/α,β-unsaturated/α-hetero) is 1. The minimum absolute atomic E-state index is 0.126. The number of rotatable bonds is 5. The smallest absolute Gasteiger partial charge is 0.329 e. The van der Waals surface area contributed by atoms with Gasteiger partial charge in [-0.25, -0.2) is 4.79 Å². The van der Waals surface area contributed by atoms with Crippen molar-refractivity contribution in [3.05, 3.63) is 34.2 Å². The third-order valence-electron chi connectivity index (χ3n) is 5.72. The van der Waals surface area contributed by atoms with E-state index in [0.29, 0.717) is 30.7 Å². The summed E-state index contributed by atoms with van der Waals surface area (Å²) in [7, 11) is 1.65. The van der Waals surface area contributed by atoms with Crippen LogP contribution in [-0.2, 0) is 27.9 Å². The summed E-state index contributed by atoms with van der Waals surface area (Å²) in [6.45, 7) is 2.96. The average Bonchev–Trinajstić information content (AvgIpc) is 2.94. The zero-order chi connectivity index (χ0) is 20.5. The summed E-state index contributed by atoms with van der Waals surface area (Å²) in [5, 5.41) is 5.73. The average molecular weight is 399 g/mol. The van der Waals surface area contributed by atoms with Crippen molar-refractivity contribution in [1.82, 2.24) is 24.7 Å². The maximum Gasteiger partial charge on any atom is 0.329 e. The summed E-state index contributed by atoms with van der Waals surface area (Å²) in [6.07, 6.45) is 1.83. The predicted octanol–water partition coefficient (Wildman–Crippen LogP) is -0.665. The van der Waals surface area contributed by atoms with Crippen molar-refractivity contribution in [3.63, 3.8) is 0 Å². The highest BCUT2D eigenvalue weighted by Crippen LogP contribution is 2.22. The first kappa shape index (κ1) is 19.4. The highest BCUT2D eigenvalue weighted by Gasteiger charge is 2.34. The van der Waals surface area contributed by atoms with E-state index in [9.17, 15) is 19.2 Å². The number of benzene rings is 1. The van der Waals surface area contributed by atoms with Gasteiger partial charge in [0.15, 0.2) is 11.8 Å². The van der Waals surface area contributed by atoms with Gasteiger partial charge in [0.1, 0.15) is 0 Å². The van der Waals surface area contributed by atoms with E-state index in [1.165, 1.54) is 9.13 Å². The van der Waals surface area contributed by atoms with E-state index in [0.717, 1.165) is 31.5 Å². The molecule has 2 saturated heterocycles. The first-order valence-corrected chi connectivity index (χ1v) is 9.96.